The van der Waals surface area contributed by atoms with E-state index in [1.165, 1.54) is 6.20 Å². The van der Waals surface area contributed by atoms with E-state index in [9.17, 15) is 4.79 Å². The summed E-state index contributed by atoms with van der Waals surface area (Å²) < 4.78 is 15.5. The Labute approximate surface area is 164 Å². The predicted octanol–water partition coefficient (Wildman–Crippen LogP) is 1.96. The second-order valence-electron chi connectivity index (χ2n) is 6.92. The van der Waals surface area contributed by atoms with Gasteiger partial charge in [0.1, 0.15) is 5.60 Å². The average Bonchev–Trinajstić information content (AvgIpc) is 3.21. The Morgan fingerprint density at radius 1 is 1.43 bits per heavy atom. The van der Waals surface area contributed by atoms with Crippen LogP contribution in [-0.4, -0.2) is 45.1 Å². The van der Waals surface area contributed by atoms with Crippen LogP contribution in [-0.2, 0) is 4.74 Å². The highest BCUT2D eigenvalue weighted by atomic mass is 35.5. The number of pyridine rings is 1. The van der Waals surface area contributed by atoms with Crippen molar-refractivity contribution in [3.05, 3.63) is 11.3 Å². The fourth-order valence-electron chi connectivity index (χ4n) is 2.35. The highest BCUT2D eigenvalue weighted by molar-refractivity contribution is 6.33. The number of hydrogen-bond donors (Lipinski definition) is 3. The highest BCUT2D eigenvalue weighted by Gasteiger charge is 2.24. The number of rotatable bonds is 6. The maximum atomic E-state index is 11.6. The monoisotopic (exact) mass is 410 g/mol. The first-order chi connectivity index (χ1) is 13.2. The Morgan fingerprint density at radius 2 is 2.21 bits per heavy atom. The minimum Gasteiger partial charge on any atom is -0.487 e. The van der Waals surface area contributed by atoms with Crippen LogP contribution in [0.5, 0.6) is 5.75 Å². The molecule has 0 aliphatic heterocycles. The number of carbonyl (C=O) groups is 1. The molecule has 3 aromatic rings. The van der Waals surface area contributed by atoms with Crippen LogP contribution in [0.1, 0.15) is 27.2 Å². The number of hydrogen-bond acceptors (Lipinski definition) is 8. The minimum absolute atomic E-state index is 0.127. The number of H-pyrrole nitrogens is 2. The molecule has 150 valence electrons. The summed E-state index contributed by atoms with van der Waals surface area (Å²) in [6.07, 6.45) is 1.61. The van der Waals surface area contributed by atoms with E-state index >= 15 is 0 Å². The van der Waals surface area contributed by atoms with E-state index in [1.54, 1.807) is 20.8 Å². The topological polar surface area (TPSA) is 155 Å². The molecule has 0 radical (unpaired) electrons. The summed E-state index contributed by atoms with van der Waals surface area (Å²) in [4.78, 5) is 21.8. The third kappa shape index (κ3) is 4.60. The standard InChI is InChI=1S/C16H20ClN7O4/c1-16(2,3)27-15(25)19-5-4-6-26-8-7-20-12(17)10-9(8)21-14(22-10)11-13(18)24-28-23-11/h7H,4-6H2,1-3H3,(H2,18,24)(H,19,25)(H,21,22)/p+1. The van der Waals surface area contributed by atoms with Crippen molar-refractivity contribution in [1.29, 1.82) is 0 Å². The van der Waals surface area contributed by atoms with Gasteiger partial charge in [-0.05, 0) is 37.5 Å². The van der Waals surface area contributed by atoms with Crippen LogP contribution in [0.15, 0.2) is 10.8 Å². The lowest BCUT2D eigenvalue weighted by atomic mass is 10.2. The van der Waals surface area contributed by atoms with Crippen LogP contribution in [0.2, 0.25) is 5.15 Å². The van der Waals surface area contributed by atoms with E-state index in [0.29, 0.717) is 47.9 Å². The number of nitrogens with zero attached hydrogens (tertiary/aromatic N) is 3. The van der Waals surface area contributed by atoms with Crippen LogP contribution in [0, 0.1) is 0 Å². The largest absolute Gasteiger partial charge is 0.487 e. The van der Waals surface area contributed by atoms with E-state index in [-0.39, 0.29) is 11.0 Å². The van der Waals surface area contributed by atoms with Gasteiger partial charge in [-0.1, -0.05) is 11.6 Å². The summed E-state index contributed by atoms with van der Waals surface area (Å²) in [5.74, 6) is 1.07. The minimum atomic E-state index is -0.536. The van der Waals surface area contributed by atoms with Gasteiger partial charge in [-0.15, -0.1) is 0 Å². The number of aromatic amines is 2. The molecule has 1 amide bonds. The molecule has 3 aromatic heterocycles. The number of imidazole rings is 1. The van der Waals surface area contributed by atoms with E-state index in [0.717, 1.165) is 0 Å². The predicted molar refractivity (Wildman–Crippen MR) is 99.7 cm³/mol. The molecule has 5 N–H and O–H groups in total. The number of ether oxygens (including phenoxy) is 2. The zero-order valence-corrected chi connectivity index (χ0v) is 16.4. The average molecular weight is 411 g/mol. The number of nitrogens with one attached hydrogen (secondary N) is 3. The normalized spacial score (nSPS) is 11.6. The van der Waals surface area contributed by atoms with Gasteiger partial charge in [0.25, 0.3) is 0 Å². The number of aromatic nitrogens is 5. The lowest BCUT2D eigenvalue weighted by molar-refractivity contribution is -0.330. The quantitative estimate of drug-likeness (QED) is 0.411. The van der Waals surface area contributed by atoms with E-state index in [1.807, 2.05) is 0 Å². The first-order valence-electron chi connectivity index (χ1n) is 8.52. The lowest BCUT2D eigenvalue weighted by Crippen LogP contribution is -2.33. The van der Waals surface area contributed by atoms with Crippen LogP contribution in [0.3, 0.4) is 0 Å². The zero-order valence-electron chi connectivity index (χ0n) is 15.6. The van der Waals surface area contributed by atoms with Crippen LogP contribution in [0.25, 0.3) is 22.6 Å². The Balaban J connectivity index is 1.62. The van der Waals surface area contributed by atoms with Crippen LogP contribution < -0.4 is 20.8 Å². The molecule has 28 heavy (non-hydrogen) atoms. The van der Waals surface area contributed by atoms with Crippen molar-refractivity contribution in [1.82, 2.24) is 25.6 Å². The second kappa shape index (κ2) is 7.89. The van der Waals surface area contributed by atoms with Crippen molar-refractivity contribution in [3.63, 3.8) is 0 Å². The highest BCUT2D eigenvalue weighted by Crippen LogP contribution is 2.28. The molecule has 11 nitrogen and oxygen atoms in total. The Morgan fingerprint density at radius 3 is 2.89 bits per heavy atom. The maximum absolute atomic E-state index is 11.6. The smallest absolute Gasteiger partial charge is 0.407 e. The number of anilines is 1. The van der Waals surface area contributed by atoms with E-state index in [2.05, 4.69) is 35.2 Å². The number of nitrogens with two attached hydrogens (primary N) is 1. The van der Waals surface area contributed by atoms with Gasteiger partial charge in [-0.2, -0.15) is 0 Å². The van der Waals surface area contributed by atoms with E-state index in [4.69, 9.17) is 26.8 Å². The Kier molecular flexibility index (Phi) is 5.54. The third-order valence-electron chi connectivity index (χ3n) is 3.50. The molecule has 0 fully saturated rings. The lowest BCUT2D eigenvalue weighted by Gasteiger charge is -2.19. The van der Waals surface area contributed by atoms with Crippen molar-refractivity contribution in [3.8, 4) is 17.3 Å². The Bertz CT molecular complexity index is 979. The van der Waals surface area contributed by atoms with Crippen molar-refractivity contribution in [2.75, 3.05) is 18.9 Å². The van der Waals surface area contributed by atoms with Crippen molar-refractivity contribution in [2.24, 2.45) is 0 Å². The van der Waals surface area contributed by atoms with Gasteiger partial charge in [0.2, 0.25) is 22.5 Å². The number of halogens is 1. The van der Waals surface area contributed by atoms with Crippen LogP contribution in [0.4, 0.5) is 10.6 Å². The molecule has 3 rings (SSSR count). The molecule has 0 aliphatic carbocycles. The van der Waals surface area contributed by atoms with Crippen LogP contribution >= 0.6 is 11.6 Å². The molecule has 12 heteroatoms. The third-order valence-corrected chi connectivity index (χ3v) is 3.78. The van der Waals surface area contributed by atoms with Gasteiger partial charge in [0, 0.05) is 6.54 Å². The zero-order chi connectivity index (χ0) is 20.3. The molecule has 0 spiro atoms. The van der Waals surface area contributed by atoms with Crippen molar-refractivity contribution < 1.29 is 23.9 Å². The summed E-state index contributed by atoms with van der Waals surface area (Å²) in [5, 5.41) is 10.2. The summed E-state index contributed by atoms with van der Waals surface area (Å²) in [6, 6.07) is 0. The molecule has 0 saturated heterocycles. The van der Waals surface area contributed by atoms with Crippen molar-refractivity contribution in [2.45, 2.75) is 32.8 Å². The molecule has 3 heterocycles. The van der Waals surface area contributed by atoms with Gasteiger partial charge in [-0.25, -0.2) is 24.4 Å². The fourth-order valence-corrected chi connectivity index (χ4v) is 2.54. The number of carbonyl (C=O) groups excluding carboxylic acids is 1. The molecule has 0 saturated carbocycles. The second-order valence-corrected chi connectivity index (χ2v) is 7.28. The molecular formula is C16H21ClN7O4+. The summed E-state index contributed by atoms with van der Waals surface area (Å²) in [7, 11) is 0. The van der Waals surface area contributed by atoms with Gasteiger partial charge < -0.3 is 20.5 Å². The number of alkyl carbamates (subject to hydrolysis) is 1. The van der Waals surface area contributed by atoms with Crippen molar-refractivity contribution >= 4 is 34.5 Å². The molecule has 0 aliphatic rings. The number of nitrogen functional groups attached to an aromatic ring is 1. The first kappa shape index (κ1) is 19.7. The molecule has 0 atom stereocenters. The molecule has 0 unspecified atom stereocenters. The first-order valence-corrected chi connectivity index (χ1v) is 8.90. The fraction of sp³-hybridized carbons (Fsp3) is 0.438. The van der Waals surface area contributed by atoms with E-state index < -0.39 is 11.7 Å². The summed E-state index contributed by atoms with van der Waals surface area (Å²) in [6.45, 7) is 6.16. The molecule has 0 bridgehead atoms. The summed E-state index contributed by atoms with van der Waals surface area (Å²) >= 11 is 6.14. The molecule has 0 aromatic carbocycles. The summed E-state index contributed by atoms with van der Waals surface area (Å²) in [5.41, 5.74) is 6.62. The van der Waals surface area contributed by atoms with Gasteiger partial charge in [-0.3, -0.25) is 0 Å². The van der Waals surface area contributed by atoms with Gasteiger partial charge >= 0.3 is 11.9 Å². The molecular weight excluding hydrogens is 390 g/mol. The number of fused-ring (bicyclic) bond motifs is 1. The Hall–Kier alpha value is -3.08. The van der Waals surface area contributed by atoms with Gasteiger partial charge in [0.15, 0.2) is 10.9 Å². The number of amides is 1. The van der Waals surface area contributed by atoms with Gasteiger partial charge in [0.05, 0.1) is 12.8 Å². The maximum Gasteiger partial charge on any atom is 0.407 e. The SMILES string of the molecule is CC(C)(C)OC(=O)NCCCOc1cnc(Cl)c2[nH+]c(-c3nonc3N)[nH]c12.